The standard InChI is InChI=1S/C13H24N.C2H6.CH3.Rb/c1-10-5-6-13(7-11(10)2)8-12(3,4)14-9-13;1-2;;/h10,14H,5-9H2,1-4H3;1-2H3;1H3;/q-1;;-1;+1. The van der Waals surface area contributed by atoms with Crippen LogP contribution in [0, 0.1) is 24.7 Å². The minimum absolute atomic E-state index is 0. The van der Waals surface area contributed by atoms with Gasteiger partial charge in [0.15, 0.2) is 0 Å². The van der Waals surface area contributed by atoms with Gasteiger partial charge >= 0.3 is 58.2 Å². The molecule has 2 aliphatic rings. The van der Waals surface area contributed by atoms with Gasteiger partial charge in [0.25, 0.3) is 0 Å². The van der Waals surface area contributed by atoms with Gasteiger partial charge in [-0.1, -0.05) is 33.6 Å². The van der Waals surface area contributed by atoms with Gasteiger partial charge in [0.1, 0.15) is 0 Å². The van der Waals surface area contributed by atoms with Gasteiger partial charge in [-0.2, -0.15) is 19.3 Å². The van der Waals surface area contributed by atoms with Crippen molar-refractivity contribution >= 4 is 0 Å². The van der Waals surface area contributed by atoms with Crippen molar-refractivity contribution in [2.45, 2.75) is 72.8 Å². The van der Waals surface area contributed by atoms with Crippen LogP contribution in [0.5, 0.6) is 0 Å². The zero-order chi connectivity index (χ0) is 12.4. The molecule has 0 aromatic rings. The SMILES string of the molecule is CC.C[C-]1CC2(CCC1C)CNC(C)(C)C2.[CH3-].[Rb+]. The van der Waals surface area contributed by atoms with E-state index in [2.05, 4.69) is 33.0 Å². The summed E-state index contributed by atoms with van der Waals surface area (Å²) in [6, 6.07) is 0. The van der Waals surface area contributed by atoms with Gasteiger partial charge in [0.2, 0.25) is 0 Å². The van der Waals surface area contributed by atoms with E-state index >= 15 is 0 Å². The van der Waals surface area contributed by atoms with Crippen LogP contribution in [0.1, 0.15) is 67.2 Å². The van der Waals surface area contributed by atoms with Crippen LogP contribution in [0.25, 0.3) is 0 Å². The molecule has 18 heavy (non-hydrogen) atoms. The van der Waals surface area contributed by atoms with E-state index in [9.17, 15) is 0 Å². The maximum Gasteiger partial charge on any atom is 1.00 e. The van der Waals surface area contributed by atoms with E-state index in [0.29, 0.717) is 11.0 Å². The quantitative estimate of drug-likeness (QED) is 0.668. The summed E-state index contributed by atoms with van der Waals surface area (Å²) in [5.74, 6) is 2.60. The zero-order valence-electron chi connectivity index (χ0n) is 14.1. The summed E-state index contributed by atoms with van der Waals surface area (Å²) >= 11 is 0. The van der Waals surface area contributed by atoms with E-state index in [0.717, 1.165) is 5.92 Å². The summed E-state index contributed by atoms with van der Waals surface area (Å²) in [5, 5.41) is 3.68. The van der Waals surface area contributed by atoms with Crippen molar-refractivity contribution in [2.75, 3.05) is 6.54 Å². The molecule has 0 radical (unpaired) electrons. The molecule has 0 bridgehead atoms. The van der Waals surface area contributed by atoms with Crippen molar-refractivity contribution in [2.24, 2.45) is 11.3 Å². The molecule has 1 heterocycles. The van der Waals surface area contributed by atoms with Gasteiger partial charge in [-0.05, 0) is 32.2 Å². The summed E-state index contributed by atoms with van der Waals surface area (Å²) in [5.41, 5.74) is 0.987. The smallest absolute Gasteiger partial charge is 0.358 e. The third-order valence-corrected chi connectivity index (χ3v) is 4.36. The Morgan fingerprint density at radius 2 is 1.78 bits per heavy atom. The van der Waals surface area contributed by atoms with Crippen molar-refractivity contribution < 1.29 is 58.2 Å². The average molecular weight is 325 g/mol. The summed E-state index contributed by atoms with van der Waals surface area (Å²) in [4.78, 5) is 0. The van der Waals surface area contributed by atoms with Crippen LogP contribution in [-0.2, 0) is 0 Å². The van der Waals surface area contributed by atoms with Crippen LogP contribution in [0.3, 0.4) is 0 Å². The number of hydrogen-bond acceptors (Lipinski definition) is 1. The van der Waals surface area contributed by atoms with Crippen LogP contribution in [-0.4, -0.2) is 12.1 Å². The van der Waals surface area contributed by atoms with Gasteiger partial charge in [0.05, 0.1) is 0 Å². The molecule has 104 valence electrons. The molecule has 0 aromatic heterocycles. The third-order valence-electron chi connectivity index (χ3n) is 4.36. The van der Waals surface area contributed by atoms with Gasteiger partial charge in [0, 0.05) is 5.54 Å². The van der Waals surface area contributed by atoms with Gasteiger partial charge in [-0.15, -0.1) is 0 Å². The van der Waals surface area contributed by atoms with Gasteiger partial charge < -0.3 is 18.7 Å². The number of rotatable bonds is 0. The maximum absolute atomic E-state index is 3.68. The summed E-state index contributed by atoms with van der Waals surface area (Å²) in [6.07, 6.45) is 5.57. The van der Waals surface area contributed by atoms with E-state index in [1.807, 2.05) is 13.8 Å². The van der Waals surface area contributed by atoms with E-state index in [1.54, 1.807) is 5.92 Å². The Balaban J connectivity index is 0. The number of nitrogens with one attached hydrogen (secondary N) is 1. The second kappa shape index (κ2) is 8.92. The van der Waals surface area contributed by atoms with E-state index in [4.69, 9.17) is 0 Å². The second-order valence-corrected chi connectivity index (χ2v) is 6.38. The number of hydrogen-bond donors (Lipinski definition) is 1. The third kappa shape index (κ3) is 5.64. The molecular weight excluding hydrogens is 292 g/mol. The first-order chi connectivity index (χ1) is 7.43. The minimum Gasteiger partial charge on any atom is -0.358 e. The fourth-order valence-electron chi connectivity index (χ4n) is 3.41. The van der Waals surface area contributed by atoms with Crippen molar-refractivity contribution in [3.05, 3.63) is 13.3 Å². The summed E-state index contributed by atoms with van der Waals surface area (Å²) in [7, 11) is 0. The molecule has 2 heteroatoms. The van der Waals surface area contributed by atoms with Gasteiger partial charge in [-0.25, -0.2) is 0 Å². The Bertz CT molecular complexity index is 227. The second-order valence-electron chi connectivity index (χ2n) is 6.38. The van der Waals surface area contributed by atoms with E-state index in [1.165, 1.54) is 32.2 Å². The molecule has 1 saturated heterocycles. The van der Waals surface area contributed by atoms with Crippen molar-refractivity contribution in [1.82, 2.24) is 5.32 Å². The molecular formula is C16H33NRb-. The van der Waals surface area contributed by atoms with Crippen LogP contribution in [0.2, 0.25) is 0 Å². The molecule has 2 rings (SSSR count). The topological polar surface area (TPSA) is 12.0 Å². The average Bonchev–Trinajstić information content (AvgIpc) is 2.52. The van der Waals surface area contributed by atoms with Crippen molar-refractivity contribution in [3.8, 4) is 0 Å². The van der Waals surface area contributed by atoms with Crippen molar-refractivity contribution in [3.63, 3.8) is 0 Å². The largest absolute Gasteiger partial charge is 1.00 e. The molecule has 1 saturated carbocycles. The molecule has 2 fully saturated rings. The molecule has 1 nitrogen and oxygen atoms in total. The fourth-order valence-corrected chi connectivity index (χ4v) is 3.41. The molecule has 1 aliphatic carbocycles. The molecule has 2 atom stereocenters. The Morgan fingerprint density at radius 3 is 2.17 bits per heavy atom. The minimum atomic E-state index is 0. The monoisotopic (exact) mass is 324 g/mol. The molecule has 1 spiro atoms. The summed E-state index contributed by atoms with van der Waals surface area (Å²) < 4.78 is 0. The first-order valence-corrected chi connectivity index (χ1v) is 7.00. The normalized spacial score (nSPS) is 34.0. The zero-order valence-corrected chi connectivity index (χ0v) is 19.0. The van der Waals surface area contributed by atoms with Crippen LogP contribution >= 0.6 is 0 Å². The Kier molecular flexibility index (Phi) is 10.9. The van der Waals surface area contributed by atoms with Crippen LogP contribution in [0.4, 0.5) is 0 Å². The van der Waals surface area contributed by atoms with Gasteiger partial charge in [-0.3, -0.25) is 0 Å². The summed E-state index contributed by atoms with van der Waals surface area (Å²) in [6.45, 7) is 14.7. The van der Waals surface area contributed by atoms with Crippen molar-refractivity contribution in [1.29, 1.82) is 0 Å². The molecule has 1 N–H and O–H groups in total. The maximum atomic E-state index is 3.68. The Hall–Kier alpha value is 1.77. The molecule has 1 aliphatic heterocycles. The predicted octanol–water partition coefficient (Wildman–Crippen LogP) is 1.64. The van der Waals surface area contributed by atoms with Crippen LogP contribution < -0.4 is 63.5 Å². The molecule has 0 amide bonds. The first-order valence-electron chi connectivity index (χ1n) is 7.00. The van der Waals surface area contributed by atoms with E-state index < -0.39 is 0 Å². The molecule has 2 unspecified atom stereocenters. The Morgan fingerprint density at radius 1 is 1.22 bits per heavy atom. The Labute approximate surface area is 165 Å². The fraction of sp³-hybridized carbons (Fsp3) is 0.875. The van der Waals surface area contributed by atoms with Crippen LogP contribution in [0.15, 0.2) is 0 Å². The molecule has 0 aromatic carbocycles. The first kappa shape index (κ1) is 22.1. The van der Waals surface area contributed by atoms with E-state index in [-0.39, 0.29) is 65.6 Å². The predicted molar refractivity (Wildman–Crippen MR) is 78.8 cm³/mol.